The van der Waals surface area contributed by atoms with E-state index in [1.165, 1.54) is 18.2 Å². The van der Waals surface area contributed by atoms with Crippen LogP contribution in [-0.4, -0.2) is 37.5 Å². The molecule has 198 valence electrons. The third-order valence-electron chi connectivity index (χ3n) is 6.57. The molecule has 0 saturated carbocycles. The molecule has 1 fully saturated rings. The summed E-state index contributed by atoms with van der Waals surface area (Å²) in [4.78, 5) is 8.91. The zero-order valence-corrected chi connectivity index (χ0v) is 22.1. The molecular formula is C27H26ClF2N5O2S. The zero-order chi connectivity index (χ0) is 26.9. The van der Waals surface area contributed by atoms with Gasteiger partial charge in [-0.1, -0.05) is 30.7 Å². The molecule has 0 bridgehead atoms. The van der Waals surface area contributed by atoms with Crippen LogP contribution < -0.4 is 15.4 Å². The van der Waals surface area contributed by atoms with Crippen molar-refractivity contribution >= 4 is 44.2 Å². The van der Waals surface area contributed by atoms with Crippen molar-refractivity contribution in [3.8, 4) is 11.1 Å². The van der Waals surface area contributed by atoms with Crippen LogP contribution in [0.2, 0.25) is 5.02 Å². The molecule has 1 aliphatic heterocycles. The second kappa shape index (κ2) is 10.8. The summed E-state index contributed by atoms with van der Waals surface area (Å²) < 4.78 is 58.6. The summed E-state index contributed by atoms with van der Waals surface area (Å²) in [6, 6.07) is 11.4. The van der Waals surface area contributed by atoms with Gasteiger partial charge in [0.1, 0.15) is 10.7 Å². The van der Waals surface area contributed by atoms with Crippen molar-refractivity contribution in [1.82, 2.24) is 15.3 Å². The summed E-state index contributed by atoms with van der Waals surface area (Å²) in [6.07, 6.45) is 4.14. The van der Waals surface area contributed by atoms with Crippen LogP contribution in [0.5, 0.6) is 0 Å². The van der Waals surface area contributed by atoms with E-state index in [4.69, 9.17) is 16.6 Å². The van der Waals surface area contributed by atoms with Gasteiger partial charge in [0.25, 0.3) is 10.0 Å². The summed E-state index contributed by atoms with van der Waals surface area (Å²) in [6.45, 7) is 3.79. The molecule has 0 atom stereocenters. The first-order valence-electron chi connectivity index (χ1n) is 12.3. The van der Waals surface area contributed by atoms with Crippen molar-refractivity contribution in [2.45, 2.75) is 37.1 Å². The highest BCUT2D eigenvalue weighted by molar-refractivity contribution is 7.92. The van der Waals surface area contributed by atoms with E-state index in [2.05, 4.69) is 20.3 Å². The molecule has 5 rings (SSSR count). The average Bonchev–Trinajstić information content (AvgIpc) is 2.91. The molecule has 1 aliphatic rings. The van der Waals surface area contributed by atoms with Gasteiger partial charge >= 0.3 is 0 Å². The monoisotopic (exact) mass is 557 g/mol. The van der Waals surface area contributed by atoms with Gasteiger partial charge < -0.3 is 10.6 Å². The van der Waals surface area contributed by atoms with Gasteiger partial charge in [-0.15, -0.1) is 0 Å². The van der Waals surface area contributed by atoms with Crippen LogP contribution in [0.25, 0.3) is 22.0 Å². The lowest BCUT2D eigenvalue weighted by Crippen LogP contribution is -2.35. The highest BCUT2D eigenvalue weighted by atomic mass is 35.5. The Labute approximate surface area is 224 Å². The fraction of sp³-hybridized carbons (Fsp3) is 0.259. The van der Waals surface area contributed by atoms with Gasteiger partial charge in [-0.25, -0.2) is 27.2 Å². The van der Waals surface area contributed by atoms with Gasteiger partial charge in [0.2, 0.25) is 5.95 Å². The summed E-state index contributed by atoms with van der Waals surface area (Å²) in [5, 5.41) is 7.31. The molecule has 2 heterocycles. The minimum atomic E-state index is -4.22. The van der Waals surface area contributed by atoms with Gasteiger partial charge in [-0.05, 0) is 79.9 Å². The van der Waals surface area contributed by atoms with Gasteiger partial charge in [-0.2, -0.15) is 0 Å². The van der Waals surface area contributed by atoms with Crippen LogP contribution in [0.1, 0.15) is 25.3 Å². The lowest BCUT2D eigenvalue weighted by Gasteiger charge is -2.23. The Morgan fingerprint density at radius 2 is 1.87 bits per heavy atom. The number of aromatic nitrogens is 2. The molecule has 0 amide bonds. The number of hydrogen-bond donors (Lipinski definition) is 3. The molecule has 11 heteroatoms. The molecule has 0 radical (unpaired) electrons. The largest absolute Gasteiger partial charge is 0.351 e. The van der Waals surface area contributed by atoms with E-state index in [0.29, 0.717) is 23.3 Å². The Hall–Kier alpha value is -3.34. The Balaban J connectivity index is 1.52. The maximum Gasteiger partial charge on any atom is 0.263 e. The molecular weight excluding hydrogens is 532 g/mol. The first-order valence-corrected chi connectivity index (χ1v) is 14.2. The third-order valence-corrected chi connectivity index (χ3v) is 8.43. The van der Waals surface area contributed by atoms with Crippen molar-refractivity contribution in [1.29, 1.82) is 0 Å². The van der Waals surface area contributed by atoms with Crippen LogP contribution in [0.3, 0.4) is 0 Å². The van der Waals surface area contributed by atoms with E-state index < -0.39 is 27.3 Å². The van der Waals surface area contributed by atoms with Crippen molar-refractivity contribution in [2.24, 2.45) is 0 Å². The third kappa shape index (κ3) is 5.29. The van der Waals surface area contributed by atoms with Gasteiger partial charge in [0.15, 0.2) is 5.82 Å². The van der Waals surface area contributed by atoms with E-state index >= 15 is 8.78 Å². The van der Waals surface area contributed by atoms with Crippen LogP contribution in [0.15, 0.2) is 59.6 Å². The van der Waals surface area contributed by atoms with Crippen molar-refractivity contribution in [2.75, 3.05) is 23.1 Å². The van der Waals surface area contributed by atoms with Crippen molar-refractivity contribution in [3.63, 3.8) is 0 Å². The summed E-state index contributed by atoms with van der Waals surface area (Å²) in [5.41, 5.74) is 0.995. The highest BCUT2D eigenvalue weighted by Crippen LogP contribution is 2.35. The molecule has 0 unspecified atom stereocenters. The topological polar surface area (TPSA) is 96.0 Å². The van der Waals surface area contributed by atoms with Gasteiger partial charge in [0, 0.05) is 17.6 Å². The summed E-state index contributed by atoms with van der Waals surface area (Å²) >= 11 is 6.03. The van der Waals surface area contributed by atoms with Crippen LogP contribution in [-0.2, 0) is 16.4 Å². The van der Waals surface area contributed by atoms with Crippen LogP contribution in [0, 0.1) is 11.6 Å². The Bertz CT molecular complexity index is 1610. The fourth-order valence-corrected chi connectivity index (χ4v) is 6.19. The summed E-state index contributed by atoms with van der Waals surface area (Å²) in [5.74, 6) is -1.35. The van der Waals surface area contributed by atoms with E-state index in [-0.39, 0.29) is 27.1 Å². The van der Waals surface area contributed by atoms with Gasteiger partial charge in [-0.3, -0.25) is 4.72 Å². The average molecular weight is 558 g/mol. The number of nitrogens with zero attached hydrogens (tertiary/aromatic N) is 2. The number of anilines is 2. The number of hydrogen-bond acceptors (Lipinski definition) is 6. The molecule has 38 heavy (non-hydrogen) atoms. The number of halogens is 3. The maximum atomic E-state index is 15.7. The van der Waals surface area contributed by atoms with E-state index in [9.17, 15) is 8.42 Å². The maximum absolute atomic E-state index is 15.7. The first kappa shape index (κ1) is 26.3. The number of benzene rings is 3. The first-order chi connectivity index (χ1) is 18.3. The molecule has 1 aromatic heterocycles. The number of aryl methyl sites for hydroxylation is 1. The summed E-state index contributed by atoms with van der Waals surface area (Å²) in [7, 11) is -4.22. The van der Waals surface area contributed by atoms with Crippen molar-refractivity contribution < 1.29 is 17.2 Å². The second-order valence-electron chi connectivity index (χ2n) is 9.11. The molecule has 0 aliphatic carbocycles. The quantitative estimate of drug-likeness (QED) is 0.267. The molecule has 3 N–H and O–H groups in total. The van der Waals surface area contributed by atoms with E-state index in [1.807, 2.05) is 6.92 Å². The minimum absolute atomic E-state index is 0.0149. The van der Waals surface area contributed by atoms with E-state index in [1.54, 1.807) is 24.4 Å². The minimum Gasteiger partial charge on any atom is -0.351 e. The zero-order valence-electron chi connectivity index (χ0n) is 20.6. The lowest BCUT2D eigenvalue weighted by molar-refractivity contribution is 0.477. The normalized spacial score (nSPS) is 14.5. The number of sulfonamides is 1. The Morgan fingerprint density at radius 1 is 1.11 bits per heavy atom. The Morgan fingerprint density at radius 3 is 2.61 bits per heavy atom. The number of rotatable bonds is 7. The molecule has 0 spiro atoms. The number of fused-ring (bicyclic) bond motifs is 1. The molecule has 7 nitrogen and oxygen atoms in total. The SMILES string of the molecule is CCc1cc(-c2c(F)ccc(NS(=O)(=O)c3ccccc3Cl)c2F)cc2cnc(NC3CCNCC3)nc12. The highest BCUT2D eigenvalue weighted by Gasteiger charge is 2.23. The fourth-order valence-electron chi connectivity index (χ4n) is 4.61. The molecule has 1 saturated heterocycles. The van der Waals surface area contributed by atoms with Crippen LogP contribution >= 0.6 is 11.6 Å². The smallest absolute Gasteiger partial charge is 0.263 e. The number of nitrogens with one attached hydrogen (secondary N) is 3. The lowest BCUT2D eigenvalue weighted by atomic mass is 9.97. The van der Waals surface area contributed by atoms with E-state index in [0.717, 1.165) is 43.6 Å². The predicted molar refractivity (Wildman–Crippen MR) is 146 cm³/mol. The van der Waals surface area contributed by atoms with Crippen molar-refractivity contribution in [3.05, 3.63) is 76.9 Å². The Kier molecular flexibility index (Phi) is 7.47. The van der Waals surface area contributed by atoms with Gasteiger partial charge in [0.05, 0.1) is 21.8 Å². The standard InChI is InChI=1S/C27H26ClF2N5O2S/c1-2-16-13-17(14-18-15-32-27(34-26(16)18)33-19-9-11-31-12-10-19)24-21(29)7-8-22(25(24)30)35-38(36,37)23-6-4-3-5-20(23)28/h3-8,13-15,19,31,35H,2,9-12H2,1H3,(H,32,33,34). The second-order valence-corrected chi connectivity index (χ2v) is 11.2. The predicted octanol–water partition coefficient (Wildman–Crippen LogP) is 5.76. The van der Waals surface area contributed by atoms with Crippen LogP contribution in [0.4, 0.5) is 20.4 Å². The molecule has 3 aromatic carbocycles. The molecule has 4 aromatic rings. The number of piperidine rings is 1.